The van der Waals surface area contributed by atoms with Crippen LogP contribution < -0.4 is 10.2 Å². The van der Waals surface area contributed by atoms with Gasteiger partial charge in [-0.2, -0.15) is 4.98 Å². The lowest BCUT2D eigenvalue weighted by Gasteiger charge is -2.38. The van der Waals surface area contributed by atoms with E-state index >= 15 is 0 Å². The highest BCUT2D eigenvalue weighted by Gasteiger charge is 2.34. The summed E-state index contributed by atoms with van der Waals surface area (Å²) in [4.78, 5) is 11.2. The number of anilines is 2. The van der Waals surface area contributed by atoms with Gasteiger partial charge in [0.25, 0.3) is 0 Å². The van der Waals surface area contributed by atoms with E-state index in [1.54, 1.807) is 6.20 Å². The van der Waals surface area contributed by atoms with Crippen molar-refractivity contribution < 1.29 is 9.84 Å². The van der Waals surface area contributed by atoms with Gasteiger partial charge in [-0.15, -0.1) is 0 Å². The minimum absolute atomic E-state index is 0.0444. The molecule has 0 bridgehead atoms. The molecule has 0 saturated carbocycles. The van der Waals surface area contributed by atoms with E-state index in [0.717, 1.165) is 51.4 Å². The SMILES string of the molecule is OC1CCN(c2ccnc(NCC3(c4ccccc4)CCOCC3)n2)C1. The average Bonchev–Trinajstić information content (AvgIpc) is 3.15. The molecule has 26 heavy (non-hydrogen) atoms. The zero-order valence-electron chi connectivity index (χ0n) is 15.0. The predicted octanol–water partition coefficient (Wildman–Crippen LogP) is 2.21. The normalized spacial score (nSPS) is 22.3. The first kappa shape index (κ1) is 17.2. The Morgan fingerprint density at radius 1 is 1.19 bits per heavy atom. The highest BCUT2D eigenvalue weighted by atomic mass is 16.5. The van der Waals surface area contributed by atoms with Crippen LogP contribution >= 0.6 is 0 Å². The molecule has 2 fully saturated rings. The predicted molar refractivity (Wildman–Crippen MR) is 102 cm³/mol. The third kappa shape index (κ3) is 3.66. The first-order valence-electron chi connectivity index (χ1n) is 9.38. The lowest BCUT2D eigenvalue weighted by molar-refractivity contribution is 0.0543. The highest BCUT2D eigenvalue weighted by Crippen LogP contribution is 2.35. The quantitative estimate of drug-likeness (QED) is 0.858. The van der Waals surface area contributed by atoms with Crippen LogP contribution in [0.3, 0.4) is 0 Å². The number of nitrogens with one attached hydrogen (secondary N) is 1. The number of aliphatic hydroxyl groups is 1. The molecule has 6 nitrogen and oxygen atoms in total. The van der Waals surface area contributed by atoms with Crippen LogP contribution in [0.5, 0.6) is 0 Å². The van der Waals surface area contributed by atoms with Crippen molar-refractivity contribution in [1.29, 1.82) is 0 Å². The van der Waals surface area contributed by atoms with E-state index in [9.17, 15) is 5.11 Å². The second-order valence-electron chi connectivity index (χ2n) is 7.24. The van der Waals surface area contributed by atoms with Crippen molar-refractivity contribution in [2.24, 2.45) is 0 Å². The van der Waals surface area contributed by atoms with Crippen molar-refractivity contribution in [3.05, 3.63) is 48.2 Å². The average molecular weight is 354 g/mol. The van der Waals surface area contributed by atoms with Crippen molar-refractivity contribution in [2.75, 3.05) is 43.1 Å². The molecule has 2 saturated heterocycles. The van der Waals surface area contributed by atoms with Crippen molar-refractivity contribution in [2.45, 2.75) is 30.8 Å². The Labute approximate surface area is 154 Å². The maximum Gasteiger partial charge on any atom is 0.224 e. The Morgan fingerprint density at radius 2 is 2.00 bits per heavy atom. The van der Waals surface area contributed by atoms with Crippen molar-refractivity contribution in [3.63, 3.8) is 0 Å². The van der Waals surface area contributed by atoms with Crippen molar-refractivity contribution >= 4 is 11.8 Å². The highest BCUT2D eigenvalue weighted by molar-refractivity contribution is 5.44. The van der Waals surface area contributed by atoms with Gasteiger partial charge >= 0.3 is 0 Å². The van der Waals surface area contributed by atoms with E-state index < -0.39 is 0 Å². The summed E-state index contributed by atoms with van der Waals surface area (Å²) in [5.74, 6) is 1.52. The Balaban J connectivity index is 1.49. The van der Waals surface area contributed by atoms with Crippen LogP contribution in [0, 0.1) is 0 Å². The molecule has 0 radical (unpaired) electrons. The molecule has 0 spiro atoms. The number of benzene rings is 1. The molecule has 2 aliphatic heterocycles. The Kier molecular flexibility index (Phi) is 5.04. The van der Waals surface area contributed by atoms with Gasteiger partial charge in [0.15, 0.2) is 0 Å². The summed E-state index contributed by atoms with van der Waals surface area (Å²) in [6, 6.07) is 12.6. The third-order valence-electron chi connectivity index (χ3n) is 5.55. The number of nitrogens with zero attached hydrogens (tertiary/aromatic N) is 3. The van der Waals surface area contributed by atoms with Crippen LogP contribution in [0.4, 0.5) is 11.8 Å². The summed E-state index contributed by atoms with van der Waals surface area (Å²) in [6.07, 6.45) is 4.30. The fourth-order valence-electron chi connectivity index (χ4n) is 3.93. The zero-order chi connectivity index (χ0) is 17.8. The first-order chi connectivity index (χ1) is 12.8. The van der Waals surface area contributed by atoms with Gasteiger partial charge in [0.05, 0.1) is 6.10 Å². The standard InChI is InChI=1S/C20H26N4O2/c25-17-7-11-24(14-17)18-6-10-21-19(23-18)22-15-20(8-12-26-13-9-20)16-4-2-1-3-5-16/h1-6,10,17,25H,7-9,11-15H2,(H,21,22,23). The van der Waals surface area contributed by atoms with E-state index in [1.807, 2.05) is 6.07 Å². The number of β-amino-alcohol motifs (C(OH)–C–C–N with tert-alkyl or cyclic N) is 1. The number of rotatable bonds is 5. The van der Waals surface area contributed by atoms with E-state index in [4.69, 9.17) is 4.74 Å². The molecule has 6 heteroatoms. The molecular weight excluding hydrogens is 328 g/mol. The van der Waals surface area contributed by atoms with Crippen LogP contribution in [0.25, 0.3) is 0 Å². The number of aliphatic hydroxyl groups excluding tert-OH is 1. The Hall–Kier alpha value is -2.18. The lowest BCUT2D eigenvalue weighted by atomic mass is 9.74. The maximum absolute atomic E-state index is 9.75. The van der Waals surface area contributed by atoms with Gasteiger partial charge in [0, 0.05) is 44.5 Å². The lowest BCUT2D eigenvalue weighted by Crippen LogP contribution is -2.40. The van der Waals surface area contributed by atoms with Crippen LogP contribution in [0.1, 0.15) is 24.8 Å². The molecule has 1 unspecified atom stereocenters. The monoisotopic (exact) mass is 354 g/mol. The van der Waals surface area contributed by atoms with Gasteiger partial charge in [-0.25, -0.2) is 4.98 Å². The summed E-state index contributed by atoms with van der Waals surface area (Å²) < 4.78 is 5.61. The van der Waals surface area contributed by atoms with Crippen molar-refractivity contribution in [1.82, 2.24) is 9.97 Å². The van der Waals surface area contributed by atoms with Gasteiger partial charge in [-0.3, -0.25) is 0 Å². The van der Waals surface area contributed by atoms with Crippen molar-refractivity contribution in [3.8, 4) is 0 Å². The number of hydrogen-bond donors (Lipinski definition) is 2. The molecule has 138 valence electrons. The smallest absolute Gasteiger partial charge is 0.224 e. The molecule has 2 N–H and O–H groups in total. The summed E-state index contributed by atoms with van der Waals surface area (Å²) in [5, 5.41) is 13.2. The minimum Gasteiger partial charge on any atom is -0.391 e. The summed E-state index contributed by atoms with van der Waals surface area (Å²) >= 11 is 0. The third-order valence-corrected chi connectivity index (χ3v) is 5.55. The molecule has 1 aromatic carbocycles. The molecule has 1 atom stereocenters. The Bertz CT molecular complexity index is 719. The molecule has 4 rings (SSSR count). The van der Waals surface area contributed by atoms with Gasteiger partial charge in [0.1, 0.15) is 5.82 Å². The summed E-state index contributed by atoms with van der Waals surface area (Å²) in [5.41, 5.74) is 1.39. The summed E-state index contributed by atoms with van der Waals surface area (Å²) in [7, 11) is 0. The molecule has 0 aliphatic carbocycles. The van der Waals surface area contributed by atoms with Gasteiger partial charge < -0.3 is 20.1 Å². The zero-order valence-corrected chi connectivity index (χ0v) is 15.0. The first-order valence-corrected chi connectivity index (χ1v) is 9.38. The van der Waals surface area contributed by atoms with E-state index in [2.05, 4.69) is 50.5 Å². The van der Waals surface area contributed by atoms with Gasteiger partial charge in [-0.1, -0.05) is 30.3 Å². The van der Waals surface area contributed by atoms with Crippen LogP contribution in [0.15, 0.2) is 42.6 Å². The molecule has 3 heterocycles. The Morgan fingerprint density at radius 3 is 2.73 bits per heavy atom. The van der Waals surface area contributed by atoms with Crippen LogP contribution in [0.2, 0.25) is 0 Å². The number of ether oxygens (including phenoxy) is 1. The van der Waals surface area contributed by atoms with Gasteiger partial charge in [0.2, 0.25) is 5.95 Å². The molecule has 2 aromatic rings. The largest absolute Gasteiger partial charge is 0.391 e. The molecule has 0 amide bonds. The maximum atomic E-state index is 9.75. The van der Waals surface area contributed by atoms with Crippen LogP contribution in [-0.2, 0) is 10.2 Å². The fraction of sp³-hybridized carbons (Fsp3) is 0.500. The van der Waals surface area contributed by atoms with Crippen LogP contribution in [-0.4, -0.2) is 54.0 Å². The van der Waals surface area contributed by atoms with Gasteiger partial charge in [-0.05, 0) is 30.9 Å². The molecule has 1 aromatic heterocycles. The number of hydrogen-bond acceptors (Lipinski definition) is 6. The second-order valence-corrected chi connectivity index (χ2v) is 7.24. The van der Waals surface area contributed by atoms with E-state index in [1.165, 1.54) is 5.56 Å². The molecular formula is C20H26N4O2. The molecule has 2 aliphatic rings. The fourth-order valence-corrected chi connectivity index (χ4v) is 3.93. The second kappa shape index (κ2) is 7.60. The summed E-state index contributed by atoms with van der Waals surface area (Å²) in [6.45, 7) is 3.82. The van der Waals surface area contributed by atoms with E-state index in [-0.39, 0.29) is 11.5 Å². The topological polar surface area (TPSA) is 70.5 Å². The minimum atomic E-state index is -0.259. The number of aromatic nitrogens is 2. The van der Waals surface area contributed by atoms with E-state index in [0.29, 0.717) is 12.5 Å².